The average Bonchev–Trinajstić information content (AvgIpc) is 2.40. The van der Waals surface area contributed by atoms with Gasteiger partial charge in [-0.1, -0.05) is 18.9 Å². The third-order valence-corrected chi connectivity index (χ3v) is 3.30. The molecule has 0 amide bonds. The third kappa shape index (κ3) is 7.75. The lowest BCUT2D eigenvalue weighted by molar-refractivity contribution is -0.285. The molecule has 1 unspecified atom stereocenters. The summed E-state index contributed by atoms with van der Waals surface area (Å²) in [6, 6.07) is 0. The number of hydrogen-bond acceptors (Lipinski definition) is 2. The number of alkyl halides is 5. The maximum atomic E-state index is 12.9. The molecule has 0 aromatic rings. The fourth-order valence-corrected chi connectivity index (χ4v) is 1.99. The predicted octanol–water partition coefficient (Wildman–Crippen LogP) is 5.28. The number of rotatable bonds is 11. The first-order valence-electron chi connectivity index (χ1n) is 7.37. The second-order valence-electron chi connectivity index (χ2n) is 5.12. The van der Waals surface area contributed by atoms with Crippen LogP contribution in [0.2, 0.25) is 0 Å². The number of allylic oxidation sites excluding steroid dienone is 1. The summed E-state index contributed by atoms with van der Waals surface area (Å²) in [5, 5.41) is 0. The summed E-state index contributed by atoms with van der Waals surface area (Å²) in [6.07, 6.45) is -2.54. The van der Waals surface area contributed by atoms with E-state index >= 15 is 0 Å². The molecule has 0 radical (unpaired) electrons. The van der Waals surface area contributed by atoms with Gasteiger partial charge in [-0.15, -0.1) is 6.58 Å². The molecule has 0 saturated carbocycles. The second kappa shape index (κ2) is 9.79. The van der Waals surface area contributed by atoms with Crippen molar-refractivity contribution in [2.24, 2.45) is 5.92 Å². The highest BCUT2D eigenvalue weighted by Crippen LogP contribution is 2.40. The molecule has 0 saturated heterocycles. The van der Waals surface area contributed by atoms with E-state index in [0.29, 0.717) is 6.42 Å². The second-order valence-corrected chi connectivity index (χ2v) is 5.12. The number of hydrogen-bond donors (Lipinski definition) is 0. The zero-order chi connectivity index (χ0) is 17.2. The van der Waals surface area contributed by atoms with Crippen LogP contribution in [0.1, 0.15) is 51.9 Å². The summed E-state index contributed by atoms with van der Waals surface area (Å²) in [5.41, 5.74) is 0. The summed E-state index contributed by atoms with van der Waals surface area (Å²) >= 11 is 0. The monoisotopic (exact) mass is 330 g/mol. The van der Waals surface area contributed by atoms with E-state index in [2.05, 4.69) is 6.58 Å². The van der Waals surface area contributed by atoms with Crippen LogP contribution in [0.15, 0.2) is 12.7 Å². The highest BCUT2D eigenvalue weighted by Gasteiger charge is 2.56. The molecular formula is C15H23F5O2. The minimum Gasteiger partial charge on any atom is -0.466 e. The Morgan fingerprint density at radius 3 is 2.27 bits per heavy atom. The van der Waals surface area contributed by atoms with Gasteiger partial charge in [0.1, 0.15) is 0 Å². The van der Waals surface area contributed by atoms with Gasteiger partial charge in [-0.3, -0.25) is 4.79 Å². The predicted molar refractivity (Wildman–Crippen MR) is 73.6 cm³/mol. The zero-order valence-electron chi connectivity index (χ0n) is 12.7. The molecular weight excluding hydrogens is 307 g/mol. The molecule has 1 atom stereocenters. The van der Waals surface area contributed by atoms with Crippen molar-refractivity contribution in [3.05, 3.63) is 12.7 Å². The first-order valence-corrected chi connectivity index (χ1v) is 7.37. The van der Waals surface area contributed by atoms with E-state index in [9.17, 15) is 26.7 Å². The van der Waals surface area contributed by atoms with Gasteiger partial charge in [-0.05, 0) is 32.6 Å². The summed E-state index contributed by atoms with van der Waals surface area (Å²) in [4.78, 5) is 11.7. The molecule has 0 N–H and O–H groups in total. The standard InChI is InChI=1S/C15H23F5O2/c1-3-5-6-7-8-9-12(13(21)22-4-2)10-11-14(16,17)15(18,19)20/h3,12H,1,4-11H2,2H3. The van der Waals surface area contributed by atoms with E-state index in [4.69, 9.17) is 4.74 Å². The molecule has 0 spiro atoms. The molecule has 130 valence electrons. The van der Waals surface area contributed by atoms with Crippen molar-refractivity contribution in [3.63, 3.8) is 0 Å². The van der Waals surface area contributed by atoms with E-state index in [1.165, 1.54) is 0 Å². The van der Waals surface area contributed by atoms with Crippen molar-refractivity contribution in [1.82, 2.24) is 0 Å². The van der Waals surface area contributed by atoms with Crippen LogP contribution in [0, 0.1) is 5.92 Å². The Labute approximate surface area is 127 Å². The van der Waals surface area contributed by atoms with Crippen molar-refractivity contribution in [2.75, 3.05) is 6.61 Å². The van der Waals surface area contributed by atoms with Crippen LogP contribution in [0.5, 0.6) is 0 Å². The highest BCUT2D eigenvalue weighted by molar-refractivity contribution is 5.72. The fourth-order valence-electron chi connectivity index (χ4n) is 1.99. The molecule has 0 fully saturated rings. The van der Waals surface area contributed by atoms with Gasteiger partial charge >= 0.3 is 18.1 Å². The van der Waals surface area contributed by atoms with E-state index in [0.717, 1.165) is 19.3 Å². The Morgan fingerprint density at radius 2 is 1.77 bits per heavy atom. The van der Waals surface area contributed by atoms with Crippen LogP contribution in [0.25, 0.3) is 0 Å². The van der Waals surface area contributed by atoms with Gasteiger partial charge in [0.25, 0.3) is 0 Å². The Kier molecular flexibility index (Phi) is 9.28. The van der Waals surface area contributed by atoms with Crippen molar-refractivity contribution in [2.45, 2.75) is 64.0 Å². The normalized spacial score (nSPS) is 13.7. The first kappa shape index (κ1) is 20.9. The highest BCUT2D eigenvalue weighted by atomic mass is 19.4. The Bertz CT molecular complexity index is 339. The van der Waals surface area contributed by atoms with Gasteiger partial charge in [0.2, 0.25) is 0 Å². The van der Waals surface area contributed by atoms with E-state index in [-0.39, 0.29) is 13.0 Å². The number of carbonyl (C=O) groups excluding carboxylic acids is 1. The molecule has 0 heterocycles. The third-order valence-electron chi connectivity index (χ3n) is 3.30. The topological polar surface area (TPSA) is 26.3 Å². The molecule has 22 heavy (non-hydrogen) atoms. The molecule has 0 bridgehead atoms. The molecule has 0 aliphatic rings. The lowest BCUT2D eigenvalue weighted by Gasteiger charge is -2.22. The molecule has 0 aromatic heterocycles. The van der Waals surface area contributed by atoms with Gasteiger partial charge < -0.3 is 4.74 Å². The van der Waals surface area contributed by atoms with Crippen LogP contribution >= 0.6 is 0 Å². The molecule has 2 nitrogen and oxygen atoms in total. The minimum absolute atomic E-state index is 0.0709. The lowest BCUT2D eigenvalue weighted by atomic mass is 9.94. The van der Waals surface area contributed by atoms with E-state index in [1.54, 1.807) is 13.0 Å². The SMILES string of the molecule is C=CCCCCCC(CCC(F)(F)C(F)(F)F)C(=O)OCC. The summed E-state index contributed by atoms with van der Waals surface area (Å²) in [6.45, 7) is 5.19. The maximum absolute atomic E-state index is 12.9. The number of unbranched alkanes of at least 4 members (excludes halogenated alkanes) is 3. The van der Waals surface area contributed by atoms with Crippen LogP contribution in [0.3, 0.4) is 0 Å². The number of carbonyl (C=O) groups is 1. The van der Waals surface area contributed by atoms with Crippen molar-refractivity contribution in [3.8, 4) is 0 Å². The van der Waals surface area contributed by atoms with Gasteiger partial charge in [0.05, 0.1) is 12.5 Å². The summed E-state index contributed by atoms with van der Waals surface area (Å²) in [7, 11) is 0. The first-order chi connectivity index (χ1) is 10.2. The van der Waals surface area contributed by atoms with Crippen molar-refractivity contribution in [1.29, 1.82) is 0 Å². The van der Waals surface area contributed by atoms with E-state index in [1.807, 2.05) is 0 Å². The molecule has 0 aliphatic heterocycles. The number of ether oxygens (including phenoxy) is 1. The average molecular weight is 330 g/mol. The Hall–Kier alpha value is -1.14. The molecule has 0 aromatic carbocycles. The smallest absolute Gasteiger partial charge is 0.453 e. The molecule has 7 heteroatoms. The lowest BCUT2D eigenvalue weighted by Crippen LogP contribution is -2.37. The quantitative estimate of drug-likeness (QED) is 0.223. The Morgan fingerprint density at radius 1 is 1.14 bits per heavy atom. The van der Waals surface area contributed by atoms with Gasteiger partial charge in [0, 0.05) is 6.42 Å². The van der Waals surface area contributed by atoms with Gasteiger partial charge in [0.15, 0.2) is 0 Å². The van der Waals surface area contributed by atoms with Crippen LogP contribution < -0.4 is 0 Å². The van der Waals surface area contributed by atoms with Gasteiger partial charge in [-0.2, -0.15) is 22.0 Å². The van der Waals surface area contributed by atoms with Crippen molar-refractivity contribution < 1.29 is 31.5 Å². The summed E-state index contributed by atoms with van der Waals surface area (Å²) in [5.74, 6) is -6.40. The maximum Gasteiger partial charge on any atom is 0.453 e. The molecule has 0 aliphatic carbocycles. The Balaban J connectivity index is 4.47. The van der Waals surface area contributed by atoms with Gasteiger partial charge in [-0.25, -0.2) is 0 Å². The largest absolute Gasteiger partial charge is 0.466 e. The van der Waals surface area contributed by atoms with Crippen LogP contribution in [-0.2, 0) is 9.53 Å². The number of halogens is 5. The minimum atomic E-state index is -5.59. The zero-order valence-corrected chi connectivity index (χ0v) is 12.7. The number of esters is 1. The van der Waals surface area contributed by atoms with Crippen LogP contribution in [0.4, 0.5) is 22.0 Å². The summed E-state index contributed by atoms with van der Waals surface area (Å²) < 4.78 is 67.1. The fraction of sp³-hybridized carbons (Fsp3) is 0.800. The van der Waals surface area contributed by atoms with Crippen LogP contribution in [-0.4, -0.2) is 24.7 Å². The van der Waals surface area contributed by atoms with E-state index < -0.39 is 36.8 Å². The molecule has 0 rings (SSSR count). The van der Waals surface area contributed by atoms with Crippen molar-refractivity contribution >= 4 is 5.97 Å².